The molecule has 4 nitrogen and oxygen atoms in total. The number of hydrogen-bond donors (Lipinski definition) is 1. The lowest BCUT2D eigenvalue weighted by atomic mass is 10.2. The van der Waals surface area contributed by atoms with E-state index in [0.29, 0.717) is 18.7 Å². The fraction of sp³-hybridized carbons (Fsp3) is 0.385. The van der Waals surface area contributed by atoms with Crippen LogP contribution in [0.25, 0.3) is 0 Å². The zero-order chi connectivity index (χ0) is 13.1. The van der Waals surface area contributed by atoms with Crippen molar-refractivity contribution in [3.63, 3.8) is 0 Å². The number of benzene rings is 1. The number of hydrogen-bond acceptors (Lipinski definition) is 2. The van der Waals surface area contributed by atoms with E-state index in [1.807, 2.05) is 0 Å². The van der Waals surface area contributed by atoms with Crippen LogP contribution in [-0.4, -0.2) is 23.5 Å². The smallest absolute Gasteiger partial charge is 0.335 e. The van der Waals surface area contributed by atoms with Gasteiger partial charge in [0, 0.05) is 17.4 Å². The third-order valence-corrected chi connectivity index (χ3v) is 3.73. The molecule has 2 rings (SSSR count). The number of carbonyl (C=O) groups excluding carboxylic acids is 1. The van der Waals surface area contributed by atoms with Crippen molar-refractivity contribution in [2.75, 3.05) is 11.4 Å². The molecule has 0 aliphatic carbocycles. The van der Waals surface area contributed by atoms with E-state index in [2.05, 4.69) is 15.9 Å². The number of carboxylic acid groups (broad SMARTS) is 1. The number of halogens is 1. The normalized spacial score (nSPS) is 16.5. The summed E-state index contributed by atoms with van der Waals surface area (Å²) in [6, 6.07) is 4.75. The lowest BCUT2D eigenvalue weighted by molar-refractivity contribution is -0.118. The summed E-state index contributed by atoms with van der Waals surface area (Å²) < 4.78 is 0.753. The van der Waals surface area contributed by atoms with Crippen molar-refractivity contribution < 1.29 is 14.7 Å². The molecular weight excluding hydrogens is 298 g/mol. The Balaban J connectivity index is 2.38. The minimum atomic E-state index is -0.981. The summed E-state index contributed by atoms with van der Waals surface area (Å²) in [5.74, 6) is -0.915. The van der Waals surface area contributed by atoms with Gasteiger partial charge in [0.2, 0.25) is 5.91 Å². The molecule has 1 aromatic carbocycles. The first-order valence-corrected chi connectivity index (χ1v) is 6.72. The first kappa shape index (κ1) is 13.1. The van der Waals surface area contributed by atoms with E-state index in [4.69, 9.17) is 5.11 Å². The van der Waals surface area contributed by atoms with E-state index in [1.54, 1.807) is 17.0 Å². The van der Waals surface area contributed by atoms with Crippen molar-refractivity contribution >= 4 is 33.5 Å². The highest BCUT2D eigenvalue weighted by molar-refractivity contribution is 9.10. The molecule has 1 aromatic rings. The van der Waals surface area contributed by atoms with Gasteiger partial charge in [-0.25, -0.2) is 4.79 Å². The molecule has 1 fully saturated rings. The van der Waals surface area contributed by atoms with Crippen molar-refractivity contribution in [2.45, 2.75) is 25.7 Å². The number of amides is 1. The maximum absolute atomic E-state index is 12.0. The summed E-state index contributed by atoms with van der Waals surface area (Å²) in [4.78, 5) is 24.7. The van der Waals surface area contributed by atoms with Crippen LogP contribution in [0.5, 0.6) is 0 Å². The molecule has 0 bridgehead atoms. The van der Waals surface area contributed by atoms with Crippen LogP contribution >= 0.6 is 15.9 Å². The van der Waals surface area contributed by atoms with Crippen molar-refractivity contribution in [1.82, 2.24) is 0 Å². The van der Waals surface area contributed by atoms with Gasteiger partial charge in [-0.15, -0.1) is 0 Å². The maximum Gasteiger partial charge on any atom is 0.335 e. The van der Waals surface area contributed by atoms with Crippen LogP contribution in [0.15, 0.2) is 22.7 Å². The van der Waals surface area contributed by atoms with E-state index in [-0.39, 0.29) is 11.5 Å². The fourth-order valence-corrected chi connectivity index (χ4v) is 2.55. The van der Waals surface area contributed by atoms with Crippen molar-refractivity contribution in [3.8, 4) is 0 Å². The standard InChI is InChI=1S/C13H14BrNO3/c14-10-6-5-9(13(17)18)8-11(10)15-7-3-1-2-4-12(15)16/h5-6,8H,1-4,7H2,(H,17,18). The van der Waals surface area contributed by atoms with Crippen LogP contribution in [0.3, 0.4) is 0 Å². The minimum absolute atomic E-state index is 0.0655. The molecule has 0 aromatic heterocycles. The topological polar surface area (TPSA) is 57.6 Å². The van der Waals surface area contributed by atoms with Gasteiger partial charge in [-0.2, -0.15) is 0 Å². The van der Waals surface area contributed by atoms with Crippen molar-refractivity contribution in [3.05, 3.63) is 28.2 Å². The lowest BCUT2D eigenvalue weighted by Gasteiger charge is -2.22. The van der Waals surface area contributed by atoms with Crippen LogP contribution in [0.2, 0.25) is 0 Å². The fourth-order valence-electron chi connectivity index (χ4n) is 2.09. The Morgan fingerprint density at radius 1 is 1.28 bits per heavy atom. The second kappa shape index (κ2) is 5.52. The summed E-state index contributed by atoms with van der Waals surface area (Å²) in [6.45, 7) is 0.653. The first-order chi connectivity index (χ1) is 8.59. The molecule has 0 atom stereocenters. The molecule has 1 amide bonds. The number of rotatable bonds is 2. The number of anilines is 1. The highest BCUT2D eigenvalue weighted by Gasteiger charge is 2.21. The third kappa shape index (κ3) is 2.72. The summed E-state index contributed by atoms with van der Waals surface area (Å²) >= 11 is 3.38. The Hall–Kier alpha value is -1.36. The van der Waals surface area contributed by atoms with E-state index in [0.717, 1.165) is 23.7 Å². The molecule has 96 valence electrons. The quantitative estimate of drug-likeness (QED) is 0.913. The molecule has 0 unspecified atom stereocenters. The molecule has 1 aliphatic heterocycles. The van der Waals surface area contributed by atoms with Gasteiger partial charge in [0.05, 0.1) is 11.3 Å². The molecule has 0 radical (unpaired) electrons. The summed E-state index contributed by atoms with van der Waals surface area (Å²) in [5, 5.41) is 9.00. The molecule has 18 heavy (non-hydrogen) atoms. The first-order valence-electron chi connectivity index (χ1n) is 5.93. The van der Waals surface area contributed by atoms with E-state index >= 15 is 0 Å². The van der Waals surface area contributed by atoms with Gasteiger partial charge in [0.1, 0.15) is 0 Å². The molecule has 1 saturated heterocycles. The average molecular weight is 312 g/mol. The SMILES string of the molecule is O=C(O)c1ccc(Br)c(N2CCCCCC2=O)c1. The van der Waals surface area contributed by atoms with Gasteiger partial charge in [-0.05, 0) is 47.0 Å². The van der Waals surface area contributed by atoms with Gasteiger partial charge in [-0.1, -0.05) is 6.42 Å². The van der Waals surface area contributed by atoms with Crippen LogP contribution in [0.4, 0.5) is 5.69 Å². The van der Waals surface area contributed by atoms with Crippen LogP contribution in [0, 0.1) is 0 Å². The lowest BCUT2D eigenvalue weighted by Crippen LogP contribution is -2.30. The van der Waals surface area contributed by atoms with Gasteiger partial charge in [0.15, 0.2) is 0 Å². The zero-order valence-electron chi connectivity index (χ0n) is 9.86. The summed E-state index contributed by atoms with van der Waals surface area (Å²) in [5.41, 5.74) is 0.854. The monoisotopic (exact) mass is 311 g/mol. The number of carbonyl (C=O) groups is 2. The Labute approximate surface area is 114 Å². The molecule has 1 N–H and O–H groups in total. The highest BCUT2D eigenvalue weighted by Crippen LogP contribution is 2.30. The third-order valence-electron chi connectivity index (χ3n) is 3.06. The second-order valence-corrected chi connectivity index (χ2v) is 5.18. The number of nitrogens with zero attached hydrogens (tertiary/aromatic N) is 1. The molecular formula is C13H14BrNO3. The van der Waals surface area contributed by atoms with Gasteiger partial charge in [0.25, 0.3) is 0 Å². The minimum Gasteiger partial charge on any atom is -0.478 e. The predicted molar refractivity (Wildman–Crippen MR) is 71.9 cm³/mol. The van der Waals surface area contributed by atoms with Crippen LogP contribution in [-0.2, 0) is 4.79 Å². The second-order valence-electron chi connectivity index (χ2n) is 4.33. The van der Waals surface area contributed by atoms with Crippen LogP contribution < -0.4 is 4.90 Å². The van der Waals surface area contributed by atoms with Gasteiger partial charge in [-0.3, -0.25) is 4.79 Å². The average Bonchev–Trinajstić information content (AvgIpc) is 2.54. The van der Waals surface area contributed by atoms with E-state index in [9.17, 15) is 9.59 Å². The highest BCUT2D eigenvalue weighted by atomic mass is 79.9. The Kier molecular flexibility index (Phi) is 4.01. The van der Waals surface area contributed by atoms with Crippen molar-refractivity contribution in [2.24, 2.45) is 0 Å². The van der Waals surface area contributed by atoms with Crippen LogP contribution in [0.1, 0.15) is 36.0 Å². The maximum atomic E-state index is 12.0. The zero-order valence-corrected chi connectivity index (χ0v) is 11.4. The van der Waals surface area contributed by atoms with Gasteiger partial charge < -0.3 is 10.0 Å². The Morgan fingerprint density at radius 3 is 2.78 bits per heavy atom. The van der Waals surface area contributed by atoms with Crippen molar-refractivity contribution in [1.29, 1.82) is 0 Å². The number of carboxylic acids is 1. The van der Waals surface area contributed by atoms with E-state index < -0.39 is 5.97 Å². The molecule has 5 heteroatoms. The van der Waals surface area contributed by atoms with Gasteiger partial charge >= 0.3 is 5.97 Å². The predicted octanol–water partition coefficient (Wildman–Crippen LogP) is 3.05. The van der Waals surface area contributed by atoms with E-state index in [1.165, 1.54) is 6.07 Å². The summed E-state index contributed by atoms with van der Waals surface area (Å²) in [7, 11) is 0. The molecule has 1 aliphatic rings. The molecule has 0 saturated carbocycles. The Bertz CT molecular complexity index is 487. The molecule has 0 spiro atoms. The largest absolute Gasteiger partial charge is 0.478 e. The number of aromatic carboxylic acids is 1. The molecule has 1 heterocycles. The Morgan fingerprint density at radius 2 is 2.06 bits per heavy atom. The summed E-state index contributed by atoms with van der Waals surface area (Å²) in [6.07, 6.45) is 3.43.